The van der Waals surface area contributed by atoms with Crippen molar-refractivity contribution in [2.75, 3.05) is 13.2 Å². The molecule has 0 saturated carbocycles. The molecule has 0 aliphatic carbocycles. The Labute approximate surface area is 96.2 Å². The van der Waals surface area contributed by atoms with Crippen LogP contribution < -0.4 is 5.56 Å². The van der Waals surface area contributed by atoms with Crippen LogP contribution in [0.1, 0.15) is 17.9 Å². The van der Waals surface area contributed by atoms with Crippen LogP contribution >= 0.6 is 15.9 Å². The van der Waals surface area contributed by atoms with Crippen molar-refractivity contribution in [2.24, 2.45) is 5.92 Å². The minimum Gasteiger partial charge on any atom is -0.381 e. The molecule has 0 spiro atoms. The molecule has 0 aromatic carbocycles. The number of ether oxygens (including phenoxy) is 1. The zero-order valence-corrected chi connectivity index (χ0v) is 10.1. The molecule has 1 aliphatic heterocycles. The molecule has 1 N–H and O–H groups in total. The van der Waals surface area contributed by atoms with E-state index >= 15 is 0 Å². The third-order valence-electron chi connectivity index (χ3n) is 2.58. The summed E-state index contributed by atoms with van der Waals surface area (Å²) in [5, 5.41) is 0. The number of halogens is 1. The normalized spacial score (nSPS) is 20.8. The number of H-pyrrole nitrogens is 1. The molecule has 1 saturated heterocycles. The summed E-state index contributed by atoms with van der Waals surface area (Å²) in [5.74, 6) is 1.25. The molecule has 15 heavy (non-hydrogen) atoms. The van der Waals surface area contributed by atoms with Crippen molar-refractivity contribution >= 4 is 15.9 Å². The van der Waals surface area contributed by atoms with Crippen molar-refractivity contribution in [1.82, 2.24) is 9.97 Å². The van der Waals surface area contributed by atoms with Gasteiger partial charge in [0.25, 0.3) is 5.56 Å². The molecule has 5 heteroatoms. The lowest BCUT2D eigenvalue weighted by Gasteiger charge is -2.07. The van der Waals surface area contributed by atoms with Crippen molar-refractivity contribution in [3.05, 3.63) is 26.3 Å². The van der Waals surface area contributed by atoms with Crippen LogP contribution in [0.3, 0.4) is 0 Å². The van der Waals surface area contributed by atoms with Crippen LogP contribution in [0.4, 0.5) is 0 Å². The highest BCUT2D eigenvalue weighted by molar-refractivity contribution is 9.10. The summed E-state index contributed by atoms with van der Waals surface area (Å²) in [7, 11) is 0. The van der Waals surface area contributed by atoms with Gasteiger partial charge in [0.2, 0.25) is 0 Å². The fourth-order valence-electron chi connectivity index (χ4n) is 1.74. The van der Waals surface area contributed by atoms with Gasteiger partial charge in [0.1, 0.15) is 10.3 Å². The second-order valence-corrected chi connectivity index (χ2v) is 4.64. The summed E-state index contributed by atoms with van der Waals surface area (Å²) in [6.45, 7) is 3.43. The Kier molecular flexibility index (Phi) is 3.21. The van der Waals surface area contributed by atoms with Gasteiger partial charge in [0, 0.05) is 19.6 Å². The number of hydrogen-bond donors (Lipinski definition) is 1. The molecule has 2 heterocycles. The van der Waals surface area contributed by atoms with Gasteiger partial charge >= 0.3 is 0 Å². The summed E-state index contributed by atoms with van der Waals surface area (Å²) in [6, 6.07) is 0. The molecule has 1 aliphatic rings. The van der Waals surface area contributed by atoms with Crippen LogP contribution in [-0.2, 0) is 11.2 Å². The second kappa shape index (κ2) is 4.45. The van der Waals surface area contributed by atoms with Gasteiger partial charge in [-0.1, -0.05) is 0 Å². The first-order valence-electron chi connectivity index (χ1n) is 5.00. The molecule has 2 rings (SSSR count). The van der Waals surface area contributed by atoms with E-state index in [1.807, 2.05) is 6.92 Å². The first kappa shape index (κ1) is 10.8. The fourth-order valence-corrected chi connectivity index (χ4v) is 1.93. The van der Waals surface area contributed by atoms with E-state index in [0.717, 1.165) is 37.6 Å². The third-order valence-corrected chi connectivity index (χ3v) is 3.52. The average Bonchev–Trinajstić information content (AvgIpc) is 2.66. The van der Waals surface area contributed by atoms with E-state index in [0.29, 0.717) is 10.4 Å². The Bertz CT molecular complexity index is 410. The lowest BCUT2D eigenvalue weighted by molar-refractivity contribution is 0.185. The Morgan fingerprint density at radius 2 is 2.47 bits per heavy atom. The number of nitrogens with one attached hydrogen (secondary N) is 1. The number of rotatable bonds is 2. The number of aromatic amines is 1. The Morgan fingerprint density at radius 3 is 3.07 bits per heavy atom. The van der Waals surface area contributed by atoms with Gasteiger partial charge in [-0.15, -0.1) is 0 Å². The topological polar surface area (TPSA) is 55.0 Å². The lowest BCUT2D eigenvalue weighted by Crippen LogP contribution is -2.17. The Hall–Kier alpha value is -0.680. The van der Waals surface area contributed by atoms with Crippen LogP contribution in [0.2, 0.25) is 0 Å². The van der Waals surface area contributed by atoms with E-state index in [1.165, 1.54) is 0 Å². The highest BCUT2D eigenvalue weighted by Gasteiger charge is 2.17. The molecule has 4 nitrogen and oxygen atoms in total. The minimum absolute atomic E-state index is 0.101. The minimum atomic E-state index is -0.101. The maximum absolute atomic E-state index is 11.5. The van der Waals surface area contributed by atoms with Gasteiger partial charge in [-0.2, -0.15) is 0 Å². The molecule has 1 aromatic rings. The van der Waals surface area contributed by atoms with Crippen LogP contribution in [0, 0.1) is 12.8 Å². The summed E-state index contributed by atoms with van der Waals surface area (Å²) < 4.78 is 5.81. The smallest absolute Gasteiger partial charge is 0.265 e. The molecule has 1 unspecified atom stereocenters. The van der Waals surface area contributed by atoms with Crippen LogP contribution in [0.25, 0.3) is 0 Å². The number of hydrogen-bond acceptors (Lipinski definition) is 3. The maximum atomic E-state index is 11.5. The van der Waals surface area contributed by atoms with Crippen molar-refractivity contribution in [1.29, 1.82) is 0 Å². The maximum Gasteiger partial charge on any atom is 0.265 e. The van der Waals surface area contributed by atoms with Gasteiger partial charge in [0.05, 0.1) is 5.69 Å². The van der Waals surface area contributed by atoms with Gasteiger partial charge in [-0.3, -0.25) is 4.79 Å². The van der Waals surface area contributed by atoms with Crippen LogP contribution in [0.5, 0.6) is 0 Å². The molecule has 82 valence electrons. The molecule has 1 aromatic heterocycles. The predicted octanol–water partition coefficient (Wildman–Crippen LogP) is 1.42. The zero-order chi connectivity index (χ0) is 10.8. The first-order valence-corrected chi connectivity index (χ1v) is 5.79. The van der Waals surface area contributed by atoms with E-state index in [-0.39, 0.29) is 5.56 Å². The lowest BCUT2D eigenvalue weighted by atomic mass is 10.0. The molecule has 0 bridgehead atoms. The predicted molar refractivity (Wildman–Crippen MR) is 59.9 cm³/mol. The van der Waals surface area contributed by atoms with E-state index in [9.17, 15) is 4.79 Å². The largest absolute Gasteiger partial charge is 0.381 e. The SMILES string of the molecule is Cc1nc(CC2CCOC2)[nH]c(=O)c1Br. The highest BCUT2D eigenvalue weighted by atomic mass is 79.9. The van der Waals surface area contributed by atoms with Gasteiger partial charge in [-0.25, -0.2) is 4.98 Å². The Balaban J connectivity index is 2.18. The van der Waals surface area contributed by atoms with E-state index in [1.54, 1.807) is 0 Å². The molecule has 1 fully saturated rings. The summed E-state index contributed by atoms with van der Waals surface area (Å²) >= 11 is 3.20. The van der Waals surface area contributed by atoms with Crippen LogP contribution in [-0.4, -0.2) is 23.2 Å². The molecular weight excluding hydrogens is 260 g/mol. The fraction of sp³-hybridized carbons (Fsp3) is 0.600. The highest BCUT2D eigenvalue weighted by Crippen LogP contribution is 2.16. The van der Waals surface area contributed by atoms with E-state index in [2.05, 4.69) is 25.9 Å². The van der Waals surface area contributed by atoms with Gasteiger partial charge in [-0.05, 0) is 35.2 Å². The first-order chi connectivity index (χ1) is 7.16. The van der Waals surface area contributed by atoms with Crippen molar-refractivity contribution in [3.63, 3.8) is 0 Å². The van der Waals surface area contributed by atoms with E-state index < -0.39 is 0 Å². The quantitative estimate of drug-likeness (QED) is 0.886. The second-order valence-electron chi connectivity index (χ2n) is 3.85. The van der Waals surface area contributed by atoms with Gasteiger partial charge in [0.15, 0.2) is 0 Å². The summed E-state index contributed by atoms with van der Waals surface area (Å²) in [6.07, 6.45) is 1.85. The molecule has 0 amide bonds. The molecule has 0 radical (unpaired) electrons. The average molecular weight is 273 g/mol. The number of nitrogens with zero attached hydrogens (tertiary/aromatic N) is 1. The third kappa shape index (κ3) is 2.46. The molecular formula is C10H13BrN2O2. The number of aryl methyl sites for hydroxylation is 1. The zero-order valence-electron chi connectivity index (χ0n) is 8.55. The Morgan fingerprint density at radius 1 is 1.67 bits per heavy atom. The molecule has 1 atom stereocenters. The monoisotopic (exact) mass is 272 g/mol. The van der Waals surface area contributed by atoms with Crippen LogP contribution in [0.15, 0.2) is 9.27 Å². The number of aromatic nitrogens is 2. The summed E-state index contributed by atoms with van der Waals surface area (Å²) in [4.78, 5) is 18.6. The van der Waals surface area contributed by atoms with Crippen molar-refractivity contribution in [2.45, 2.75) is 19.8 Å². The van der Waals surface area contributed by atoms with Gasteiger partial charge < -0.3 is 9.72 Å². The summed E-state index contributed by atoms with van der Waals surface area (Å²) in [5.41, 5.74) is 0.643. The standard InChI is InChI=1S/C10H13BrN2O2/c1-6-9(11)10(14)13-8(12-6)4-7-2-3-15-5-7/h7H,2-5H2,1H3,(H,12,13,14). The van der Waals surface area contributed by atoms with E-state index in [4.69, 9.17) is 4.74 Å². The van der Waals surface area contributed by atoms with Crippen molar-refractivity contribution < 1.29 is 4.74 Å². The van der Waals surface area contributed by atoms with Crippen molar-refractivity contribution in [3.8, 4) is 0 Å².